The fraction of sp³-hybridized carbons (Fsp3) is 0.481. The second kappa shape index (κ2) is 11.5. The molecule has 1 aromatic carbocycles. The Bertz CT molecular complexity index is 1330. The fourth-order valence-corrected chi connectivity index (χ4v) is 4.70. The Morgan fingerprint density at radius 1 is 1.08 bits per heavy atom. The first-order valence-electron chi connectivity index (χ1n) is 12.8. The zero-order valence-electron chi connectivity index (χ0n) is 22.1. The largest absolute Gasteiger partial charge is 0.465 e. The van der Waals surface area contributed by atoms with Crippen LogP contribution in [0.25, 0.3) is 11.2 Å². The number of fused-ring (bicyclic) bond motifs is 1. The SMILES string of the molecule is CCOC(=O)Cn1cnc2c(Cl)nc(N(C(=O)OC(C)(C)C)C(=O)c3ccc(C4CCCCC4)cc3)nc21. The van der Waals surface area contributed by atoms with Crippen molar-refractivity contribution in [1.29, 1.82) is 0 Å². The molecule has 1 aliphatic rings. The van der Waals surface area contributed by atoms with Gasteiger partial charge in [0.15, 0.2) is 10.8 Å². The van der Waals surface area contributed by atoms with Gasteiger partial charge >= 0.3 is 12.1 Å². The molecule has 0 unspecified atom stereocenters. The van der Waals surface area contributed by atoms with E-state index in [4.69, 9.17) is 21.1 Å². The zero-order chi connectivity index (χ0) is 27.4. The van der Waals surface area contributed by atoms with Crippen molar-refractivity contribution in [2.45, 2.75) is 77.9 Å². The molecule has 3 aromatic rings. The highest BCUT2D eigenvalue weighted by Crippen LogP contribution is 2.33. The minimum absolute atomic E-state index is 0.0818. The minimum atomic E-state index is -0.953. The fourth-order valence-electron chi connectivity index (χ4n) is 4.49. The average Bonchev–Trinajstić information content (AvgIpc) is 3.27. The highest BCUT2D eigenvalue weighted by Gasteiger charge is 2.33. The third kappa shape index (κ3) is 6.30. The summed E-state index contributed by atoms with van der Waals surface area (Å²) in [6.45, 7) is 6.81. The van der Waals surface area contributed by atoms with Crippen LogP contribution in [-0.2, 0) is 20.8 Å². The van der Waals surface area contributed by atoms with E-state index >= 15 is 0 Å². The number of anilines is 1. The van der Waals surface area contributed by atoms with Crippen LogP contribution in [0.1, 0.15) is 81.6 Å². The molecular formula is C27H32ClN5O5. The lowest BCUT2D eigenvalue weighted by molar-refractivity contribution is -0.143. The predicted molar refractivity (Wildman–Crippen MR) is 142 cm³/mol. The Hall–Kier alpha value is -3.53. The molecule has 0 spiro atoms. The van der Waals surface area contributed by atoms with E-state index in [1.165, 1.54) is 35.7 Å². The van der Waals surface area contributed by atoms with Crippen LogP contribution < -0.4 is 4.90 Å². The van der Waals surface area contributed by atoms with Crippen LogP contribution in [0.15, 0.2) is 30.6 Å². The van der Waals surface area contributed by atoms with Gasteiger partial charge in [-0.1, -0.05) is 43.0 Å². The van der Waals surface area contributed by atoms with E-state index < -0.39 is 23.6 Å². The van der Waals surface area contributed by atoms with Gasteiger partial charge in [0, 0.05) is 5.56 Å². The van der Waals surface area contributed by atoms with Gasteiger partial charge in [-0.2, -0.15) is 14.9 Å². The van der Waals surface area contributed by atoms with E-state index in [-0.39, 0.29) is 41.0 Å². The van der Waals surface area contributed by atoms with Gasteiger partial charge in [-0.15, -0.1) is 0 Å². The summed E-state index contributed by atoms with van der Waals surface area (Å²) in [5, 5.41) is -0.0818. The molecule has 1 saturated carbocycles. The zero-order valence-corrected chi connectivity index (χ0v) is 22.8. The lowest BCUT2D eigenvalue weighted by Gasteiger charge is -2.25. The number of carbonyl (C=O) groups excluding carboxylic acids is 3. The van der Waals surface area contributed by atoms with Crippen molar-refractivity contribution in [2.75, 3.05) is 11.5 Å². The van der Waals surface area contributed by atoms with Crippen molar-refractivity contribution in [3.8, 4) is 0 Å². The van der Waals surface area contributed by atoms with Crippen molar-refractivity contribution in [1.82, 2.24) is 19.5 Å². The smallest absolute Gasteiger partial charge is 0.424 e. The number of imidazole rings is 1. The van der Waals surface area contributed by atoms with Gasteiger partial charge in [0.05, 0.1) is 12.9 Å². The Morgan fingerprint density at radius 3 is 2.39 bits per heavy atom. The van der Waals surface area contributed by atoms with Crippen molar-refractivity contribution in [3.63, 3.8) is 0 Å². The summed E-state index contributed by atoms with van der Waals surface area (Å²) in [4.78, 5) is 52.6. The van der Waals surface area contributed by atoms with Gasteiger partial charge in [-0.25, -0.2) is 9.78 Å². The maximum Gasteiger partial charge on any atom is 0.424 e. The van der Waals surface area contributed by atoms with Crippen LogP contribution in [0.4, 0.5) is 10.7 Å². The molecule has 0 atom stereocenters. The van der Waals surface area contributed by atoms with E-state index in [1.54, 1.807) is 39.8 Å². The summed E-state index contributed by atoms with van der Waals surface area (Å²) in [5.74, 6) is -0.981. The molecule has 10 nitrogen and oxygen atoms in total. The van der Waals surface area contributed by atoms with Gasteiger partial charge in [-0.05, 0) is 64.2 Å². The maximum atomic E-state index is 13.7. The third-order valence-electron chi connectivity index (χ3n) is 6.23. The van der Waals surface area contributed by atoms with Crippen LogP contribution in [0.5, 0.6) is 0 Å². The molecule has 38 heavy (non-hydrogen) atoms. The molecule has 0 N–H and O–H groups in total. The number of hydrogen-bond acceptors (Lipinski definition) is 8. The topological polar surface area (TPSA) is 117 Å². The van der Waals surface area contributed by atoms with E-state index in [2.05, 4.69) is 15.0 Å². The maximum absolute atomic E-state index is 13.7. The normalized spacial score (nSPS) is 14.3. The molecule has 2 amide bonds. The lowest BCUT2D eigenvalue weighted by atomic mass is 9.84. The molecule has 11 heteroatoms. The Balaban J connectivity index is 1.72. The van der Waals surface area contributed by atoms with Gasteiger partial charge in [0.25, 0.3) is 5.91 Å². The summed E-state index contributed by atoms with van der Waals surface area (Å²) in [6.07, 6.45) is 6.33. The summed E-state index contributed by atoms with van der Waals surface area (Å²) >= 11 is 6.38. The predicted octanol–water partition coefficient (Wildman–Crippen LogP) is 5.67. The number of amides is 2. The quantitative estimate of drug-likeness (QED) is 0.289. The van der Waals surface area contributed by atoms with Crippen LogP contribution in [-0.4, -0.2) is 49.7 Å². The number of halogens is 1. The molecule has 0 saturated heterocycles. The summed E-state index contributed by atoms with van der Waals surface area (Å²) in [7, 11) is 0. The second-order valence-corrected chi connectivity index (χ2v) is 10.6. The van der Waals surface area contributed by atoms with E-state index in [1.807, 2.05) is 12.1 Å². The number of hydrogen-bond donors (Lipinski definition) is 0. The molecule has 2 aromatic heterocycles. The Kier molecular flexibility index (Phi) is 8.30. The van der Waals surface area contributed by atoms with Crippen molar-refractivity contribution in [2.24, 2.45) is 0 Å². The van der Waals surface area contributed by atoms with E-state index in [0.29, 0.717) is 5.92 Å². The van der Waals surface area contributed by atoms with Gasteiger partial charge < -0.3 is 14.0 Å². The van der Waals surface area contributed by atoms with Crippen LogP contribution in [0.2, 0.25) is 5.15 Å². The number of benzene rings is 1. The van der Waals surface area contributed by atoms with Crippen LogP contribution in [0, 0.1) is 0 Å². The summed E-state index contributed by atoms with van der Waals surface area (Å²) < 4.78 is 12.0. The summed E-state index contributed by atoms with van der Waals surface area (Å²) in [5.41, 5.74) is 0.944. The molecule has 4 rings (SSSR count). The Morgan fingerprint density at radius 2 is 1.76 bits per heavy atom. The van der Waals surface area contributed by atoms with Crippen molar-refractivity contribution >= 4 is 46.7 Å². The van der Waals surface area contributed by atoms with E-state index in [9.17, 15) is 14.4 Å². The highest BCUT2D eigenvalue weighted by atomic mass is 35.5. The molecule has 0 aliphatic heterocycles. The summed E-state index contributed by atoms with van der Waals surface area (Å²) in [6, 6.07) is 7.27. The Labute approximate surface area is 226 Å². The van der Waals surface area contributed by atoms with Crippen LogP contribution in [0.3, 0.4) is 0 Å². The van der Waals surface area contributed by atoms with E-state index in [0.717, 1.165) is 17.7 Å². The number of esters is 1. The molecule has 0 bridgehead atoms. The average molecular weight is 542 g/mol. The molecular weight excluding hydrogens is 510 g/mol. The number of aromatic nitrogens is 4. The molecule has 1 aliphatic carbocycles. The molecule has 1 fully saturated rings. The first-order chi connectivity index (χ1) is 18.1. The van der Waals surface area contributed by atoms with Crippen molar-refractivity contribution in [3.05, 3.63) is 46.9 Å². The van der Waals surface area contributed by atoms with Crippen LogP contribution >= 0.6 is 11.6 Å². The number of rotatable bonds is 6. The third-order valence-corrected chi connectivity index (χ3v) is 6.49. The molecule has 0 radical (unpaired) electrons. The van der Waals surface area contributed by atoms with Gasteiger partial charge in [0.2, 0.25) is 5.95 Å². The number of nitrogens with zero attached hydrogens (tertiary/aromatic N) is 5. The number of ether oxygens (including phenoxy) is 2. The lowest BCUT2D eigenvalue weighted by Crippen LogP contribution is -2.42. The standard InChI is InChI=1S/C27H32ClN5O5/c1-5-37-20(34)15-32-16-29-21-22(28)30-25(31-23(21)32)33(26(36)38-27(2,3)4)24(35)19-13-11-18(12-14-19)17-9-7-6-8-10-17/h11-14,16-17H,5-10,15H2,1-4H3. The number of carbonyl (C=O) groups is 3. The molecule has 202 valence electrons. The molecule has 2 heterocycles. The van der Waals surface area contributed by atoms with Gasteiger partial charge in [-0.3, -0.25) is 9.59 Å². The minimum Gasteiger partial charge on any atom is -0.465 e. The first kappa shape index (κ1) is 27.5. The van der Waals surface area contributed by atoms with Crippen molar-refractivity contribution < 1.29 is 23.9 Å². The second-order valence-electron chi connectivity index (χ2n) is 10.2. The highest BCUT2D eigenvalue weighted by molar-refractivity contribution is 6.33. The first-order valence-corrected chi connectivity index (χ1v) is 13.2. The monoisotopic (exact) mass is 541 g/mol. The van der Waals surface area contributed by atoms with Gasteiger partial charge in [0.1, 0.15) is 17.7 Å². The number of imide groups is 1.